The lowest BCUT2D eigenvalue weighted by atomic mass is 10.4. The topological polar surface area (TPSA) is 17.3 Å². The predicted molar refractivity (Wildman–Crippen MR) is 59.5 cm³/mol. The van der Waals surface area contributed by atoms with Crippen molar-refractivity contribution >= 4 is 40.4 Å². The zero-order valence-corrected chi connectivity index (χ0v) is 9.66. The van der Waals surface area contributed by atoms with E-state index >= 15 is 0 Å². The maximum Gasteiger partial charge on any atom is 0.156 e. The van der Waals surface area contributed by atoms with Crippen LogP contribution in [0, 0.1) is 6.92 Å². The van der Waals surface area contributed by atoms with Crippen molar-refractivity contribution in [2.24, 2.45) is 0 Å². The second-order valence-corrected chi connectivity index (χ2v) is 4.09. The van der Waals surface area contributed by atoms with Gasteiger partial charge in [-0.15, -0.1) is 11.6 Å². The van der Waals surface area contributed by atoms with Crippen molar-refractivity contribution < 1.29 is 0 Å². The molecule has 0 bridgehead atoms. The Bertz CT molecular complexity index is 490. The average Bonchev–Trinajstić information content (AvgIpc) is 2.41. The molecule has 0 atom stereocenters. The average molecular weight is 250 g/mol. The van der Waals surface area contributed by atoms with Crippen LogP contribution >= 0.6 is 34.8 Å². The number of aromatic nitrogens is 2. The van der Waals surface area contributed by atoms with Crippen molar-refractivity contribution in [3.05, 3.63) is 33.7 Å². The first-order valence-corrected chi connectivity index (χ1v) is 5.31. The Morgan fingerprint density at radius 1 is 1.43 bits per heavy atom. The maximum atomic E-state index is 5.99. The third-order valence-corrected chi connectivity index (χ3v) is 2.81. The van der Waals surface area contributed by atoms with Gasteiger partial charge in [0.15, 0.2) is 5.65 Å². The van der Waals surface area contributed by atoms with Crippen LogP contribution in [0.25, 0.3) is 5.65 Å². The first-order chi connectivity index (χ1) is 6.63. The SMILES string of the molecule is Cc1nc2c(Cl)cc(Cl)cn2c1CCl. The van der Waals surface area contributed by atoms with Crippen molar-refractivity contribution in [1.29, 1.82) is 0 Å². The Morgan fingerprint density at radius 3 is 2.79 bits per heavy atom. The number of pyridine rings is 1. The molecule has 0 aliphatic rings. The molecular formula is C9H7Cl3N2. The van der Waals surface area contributed by atoms with Gasteiger partial charge >= 0.3 is 0 Å². The van der Waals surface area contributed by atoms with Crippen LogP contribution in [0.2, 0.25) is 10.0 Å². The first kappa shape index (κ1) is 10.1. The maximum absolute atomic E-state index is 5.99. The minimum absolute atomic E-state index is 0.393. The summed E-state index contributed by atoms with van der Waals surface area (Å²) >= 11 is 17.7. The van der Waals surface area contributed by atoms with Gasteiger partial charge in [0.2, 0.25) is 0 Å². The number of hydrogen-bond acceptors (Lipinski definition) is 1. The van der Waals surface area contributed by atoms with Gasteiger partial charge < -0.3 is 0 Å². The summed E-state index contributed by atoms with van der Waals surface area (Å²) in [6.45, 7) is 1.90. The smallest absolute Gasteiger partial charge is 0.156 e. The van der Waals surface area contributed by atoms with Crippen LogP contribution in [-0.2, 0) is 5.88 Å². The van der Waals surface area contributed by atoms with Crippen molar-refractivity contribution in [1.82, 2.24) is 9.38 Å². The standard InChI is InChI=1S/C9H7Cl3N2/c1-5-8(3-10)14-4-6(11)2-7(12)9(14)13-5/h2,4H,3H2,1H3. The molecule has 0 aromatic carbocycles. The van der Waals surface area contributed by atoms with Crippen LogP contribution < -0.4 is 0 Å². The summed E-state index contributed by atoms with van der Waals surface area (Å²) in [5, 5.41) is 1.11. The molecule has 0 unspecified atom stereocenters. The van der Waals surface area contributed by atoms with E-state index in [0.717, 1.165) is 11.4 Å². The summed E-state index contributed by atoms with van der Waals surface area (Å²) < 4.78 is 1.83. The molecule has 0 aliphatic carbocycles. The lowest BCUT2D eigenvalue weighted by Crippen LogP contribution is -1.91. The molecule has 0 amide bonds. The van der Waals surface area contributed by atoms with E-state index in [4.69, 9.17) is 34.8 Å². The van der Waals surface area contributed by atoms with E-state index in [1.165, 1.54) is 0 Å². The molecule has 2 rings (SSSR count). The second-order valence-electron chi connectivity index (χ2n) is 2.98. The van der Waals surface area contributed by atoms with Gasteiger partial charge in [0.05, 0.1) is 27.3 Å². The fraction of sp³-hybridized carbons (Fsp3) is 0.222. The van der Waals surface area contributed by atoms with E-state index in [2.05, 4.69) is 4.98 Å². The third kappa shape index (κ3) is 1.48. The summed E-state index contributed by atoms with van der Waals surface area (Å²) in [5.41, 5.74) is 2.50. The minimum Gasteiger partial charge on any atom is -0.300 e. The lowest BCUT2D eigenvalue weighted by Gasteiger charge is -2.00. The quantitative estimate of drug-likeness (QED) is 0.705. The fourth-order valence-corrected chi connectivity index (χ4v) is 2.23. The van der Waals surface area contributed by atoms with Gasteiger partial charge in [-0.1, -0.05) is 23.2 Å². The van der Waals surface area contributed by atoms with Crippen LogP contribution in [-0.4, -0.2) is 9.38 Å². The van der Waals surface area contributed by atoms with E-state index in [1.807, 2.05) is 11.3 Å². The molecule has 0 N–H and O–H groups in total. The molecular weight excluding hydrogens is 242 g/mol. The molecule has 0 saturated carbocycles. The summed E-state index contributed by atoms with van der Waals surface area (Å²) in [6, 6.07) is 1.67. The zero-order valence-electron chi connectivity index (χ0n) is 7.39. The van der Waals surface area contributed by atoms with E-state index in [1.54, 1.807) is 12.3 Å². The highest BCUT2D eigenvalue weighted by Crippen LogP contribution is 2.24. The minimum atomic E-state index is 0.393. The Balaban J connectivity index is 2.87. The highest BCUT2D eigenvalue weighted by Gasteiger charge is 2.10. The molecule has 0 saturated heterocycles. The Kier molecular flexibility index (Phi) is 2.60. The van der Waals surface area contributed by atoms with Crippen LogP contribution in [0.1, 0.15) is 11.4 Å². The molecule has 14 heavy (non-hydrogen) atoms. The molecule has 0 spiro atoms. The van der Waals surface area contributed by atoms with Gasteiger partial charge in [0.25, 0.3) is 0 Å². The number of halogens is 3. The molecule has 2 aromatic rings. The van der Waals surface area contributed by atoms with Gasteiger partial charge in [-0.3, -0.25) is 4.40 Å². The summed E-state index contributed by atoms with van der Waals surface area (Å²) in [6.07, 6.45) is 1.76. The van der Waals surface area contributed by atoms with Crippen molar-refractivity contribution in [2.75, 3.05) is 0 Å². The van der Waals surface area contributed by atoms with E-state index < -0.39 is 0 Å². The molecule has 0 fully saturated rings. The summed E-state index contributed by atoms with van der Waals surface area (Å²) in [7, 11) is 0. The second kappa shape index (κ2) is 3.61. The largest absolute Gasteiger partial charge is 0.300 e. The van der Waals surface area contributed by atoms with Gasteiger partial charge in [-0.25, -0.2) is 4.98 Å². The van der Waals surface area contributed by atoms with Crippen molar-refractivity contribution in [3.63, 3.8) is 0 Å². The highest BCUT2D eigenvalue weighted by molar-refractivity contribution is 6.36. The van der Waals surface area contributed by atoms with Crippen LogP contribution in [0.4, 0.5) is 0 Å². The Morgan fingerprint density at radius 2 is 2.14 bits per heavy atom. The highest BCUT2D eigenvalue weighted by atomic mass is 35.5. The van der Waals surface area contributed by atoms with Crippen molar-refractivity contribution in [2.45, 2.75) is 12.8 Å². The molecule has 74 valence electrons. The number of aryl methyl sites for hydroxylation is 1. The number of nitrogens with zero attached hydrogens (tertiary/aromatic N) is 2. The molecule has 5 heteroatoms. The molecule has 2 nitrogen and oxygen atoms in total. The normalized spacial score (nSPS) is 11.1. The number of rotatable bonds is 1. The molecule has 2 heterocycles. The number of hydrogen-bond donors (Lipinski definition) is 0. The molecule has 0 aliphatic heterocycles. The first-order valence-electron chi connectivity index (χ1n) is 4.02. The van der Waals surface area contributed by atoms with E-state index in [-0.39, 0.29) is 0 Å². The number of alkyl halides is 1. The van der Waals surface area contributed by atoms with Gasteiger partial charge in [-0.2, -0.15) is 0 Å². The van der Waals surface area contributed by atoms with Crippen molar-refractivity contribution in [3.8, 4) is 0 Å². The third-order valence-electron chi connectivity index (χ3n) is 2.07. The zero-order chi connectivity index (χ0) is 10.3. The lowest BCUT2D eigenvalue weighted by molar-refractivity contribution is 1.07. The van der Waals surface area contributed by atoms with E-state index in [0.29, 0.717) is 21.6 Å². The Hall–Kier alpha value is -0.440. The summed E-state index contributed by atoms with van der Waals surface area (Å²) in [4.78, 5) is 4.31. The summed E-state index contributed by atoms with van der Waals surface area (Å²) in [5.74, 6) is 0.393. The number of imidazole rings is 1. The molecule has 0 radical (unpaired) electrons. The fourth-order valence-electron chi connectivity index (χ4n) is 1.39. The van der Waals surface area contributed by atoms with Gasteiger partial charge in [0, 0.05) is 6.20 Å². The van der Waals surface area contributed by atoms with Crippen LogP contribution in [0.3, 0.4) is 0 Å². The monoisotopic (exact) mass is 248 g/mol. The Labute approximate surface area is 96.4 Å². The molecule has 2 aromatic heterocycles. The van der Waals surface area contributed by atoms with Gasteiger partial charge in [-0.05, 0) is 13.0 Å². The van der Waals surface area contributed by atoms with E-state index in [9.17, 15) is 0 Å². The van der Waals surface area contributed by atoms with Crippen LogP contribution in [0.15, 0.2) is 12.3 Å². The van der Waals surface area contributed by atoms with Gasteiger partial charge in [0.1, 0.15) is 0 Å². The number of fused-ring (bicyclic) bond motifs is 1. The predicted octanol–water partition coefficient (Wildman–Crippen LogP) is 3.69. The van der Waals surface area contributed by atoms with Crippen LogP contribution in [0.5, 0.6) is 0 Å².